The molecule has 1 fully saturated rings. The number of methoxy groups -OCH3 is 1. The number of thioether (sulfide) groups is 1. The van der Waals surface area contributed by atoms with Gasteiger partial charge in [0.15, 0.2) is 18.1 Å². The van der Waals surface area contributed by atoms with Crippen LogP contribution in [0.2, 0.25) is 5.02 Å². The molecular weight excluding hydrogens is 482 g/mol. The summed E-state index contributed by atoms with van der Waals surface area (Å²) in [7, 11) is 1.47. The molecule has 2 aromatic carbocycles. The van der Waals surface area contributed by atoms with Crippen LogP contribution in [0, 0.1) is 11.3 Å². The molecule has 11 heteroatoms. The smallest absolute Gasteiger partial charge is 0.294 e. The van der Waals surface area contributed by atoms with Crippen molar-refractivity contribution in [3.63, 3.8) is 0 Å². The van der Waals surface area contributed by atoms with E-state index in [-0.39, 0.29) is 11.5 Å². The zero-order chi connectivity index (χ0) is 24.7. The topological polar surface area (TPSA) is 118 Å². The van der Waals surface area contributed by atoms with E-state index in [2.05, 4.69) is 5.32 Å². The van der Waals surface area contributed by atoms with Crippen molar-refractivity contribution in [3.8, 4) is 23.3 Å². The van der Waals surface area contributed by atoms with E-state index in [0.717, 1.165) is 16.7 Å². The van der Waals surface area contributed by atoms with Crippen molar-refractivity contribution < 1.29 is 28.6 Å². The van der Waals surface area contributed by atoms with Gasteiger partial charge in [-0.1, -0.05) is 17.7 Å². The van der Waals surface area contributed by atoms with E-state index in [1.807, 2.05) is 6.07 Å². The molecule has 1 aliphatic heterocycles. The monoisotopic (exact) mass is 501 g/mol. The molecule has 1 aliphatic rings. The van der Waals surface area contributed by atoms with E-state index in [1.54, 1.807) is 37.3 Å². The first-order valence-electron chi connectivity index (χ1n) is 10.0. The quantitative estimate of drug-likeness (QED) is 0.504. The molecule has 3 rings (SSSR count). The van der Waals surface area contributed by atoms with Crippen molar-refractivity contribution in [1.29, 1.82) is 5.26 Å². The number of carbonyl (C=O) groups excluding carboxylic acids is 3. The van der Waals surface area contributed by atoms with Gasteiger partial charge >= 0.3 is 0 Å². The van der Waals surface area contributed by atoms with Gasteiger partial charge < -0.3 is 19.5 Å². The van der Waals surface area contributed by atoms with E-state index in [9.17, 15) is 14.4 Å². The fraction of sp³-hybridized carbons (Fsp3) is 0.217. The molecule has 176 valence electrons. The highest BCUT2D eigenvalue weighted by Crippen LogP contribution is 2.35. The zero-order valence-electron chi connectivity index (χ0n) is 18.3. The van der Waals surface area contributed by atoms with Crippen LogP contribution in [0.1, 0.15) is 12.5 Å². The Morgan fingerprint density at radius 2 is 1.94 bits per heavy atom. The summed E-state index contributed by atoms with van der Waals surface area (Å²) in [6.45, 7) is 1.59. The Morgan fingerprint density at radius 1 is 1.18 bits per heavy atom. The third kappa shape index (κ3) is 6.01. The molecular formula is C23H20ClN3O6S. The van der Waals surface area contributed by atoms with Gasteiger partial charge in [-0.05, 0) is 60.7 Å². The molecule has 2 aromatic rings. The van der Waals surface area contributed by atoms with Gasteiger partial charge in [0.05, 0.1) is 23.6 Å². The summed E-state index contributed by atoms with van der Waals surface area (Å²) < 4.78 is 15.9. The number of amides is 3. The standard InChI is InChI=1S/C23H20ClN3O6S/c1-3-32-19-10-14(4-6-18(19)33-9-8-25)11-20-22(29)27(23(30)34-20)13-21(28)26-15-5-7-17(31-2)16(24)12-15/h4-7,10-12H,3,9,13H2,1-2H3,(H,26,28)/b20-11-. The van der Waals surface area contributed by atoms with Gasteiger partial charge in [0, 0.05) is 5.69 Å². The van der Waals surface area contributed by atoms with Crippen LogP contribution < -0.4 is 19.5 Å². The Labute approximate surface area is 205 Å². The molecule has 3 amide bonds. The molecule has 9 nitrogen and oxygen atoms in total. The molecule has 0 saturated carbocycles. The Hall–Kier alpha value is -3.68. The van der Waals surface area contributed by atoms with Crippen LogP contribution in [-0.2, 0) is 9.59 Å². The SMILES string of the molecule is CCOc1cc(/C=C2\SC(=O)N(CC(=O)Nc3ccc(OC)c(Cl)c3)C2=O)ccc1OCC#N. The minimum atomic E-state index is -0.583. The summed E-state index contributed by atoms with van der Waals surface area (Å²) in [5.74, 6) is 0.114. The van der Waals surface area contributed by atoms with E-state index in [4.69, 9.17) is 31.1 Å². The van der Waals surface area contributed by atoms with Crippen LogP contribution in [0.3, 0.4) is 0 Å². The number of anilines is 1. The van der Waals surface area contributed by atoms with E-state index in [0.29, 0.717) is 40.1 Å². The van der Waals surface area contributed by atoms with E-state index < -0.39 is 23.6 Å². The van der Waals surface area contributed by atoms with Crippen molar-refractivity contribution in [3.05, 3.63) is 51.9 Å². The second-order valence-corrected chi connectivity index (χ2v) is 8.15. The molecule has 0 aromatic heterocycles. The summed E-state index contributed by atoms with van der Waals surface area (Å²) in [6.07, 6.45) is 1.53. The molecule has 0 bridgehead atoms. The van der Waals surface area contributed by atoms with Gasteiger partial charge in [0.2, 0.25) is 5.91 Å². The second kappa shape index (κ2) is 11.4. The maximum Gasteiger partial charge on any atom is 0.294 e. The Morgan fingerprint density at radius 3 is 2.62 bits per heavy atom. The summed E-state index contributed by atoms with van der Waals surface area (Å²) in [5, 5.41) is 11.1. The van der Waals surface area contributed by atoms with E-state index >= 15 is 0 Å². The Kier molecular flexibility index (Phi) is 8.40. The van der Waals surface area contributed by atoms with Gasteiger partial charge in [-0.3, -0.25) is 19.3 Å². The number of nitrogens with one attached hydrogen (secondary N) is 1. The molecule has 0 radical (unpaired) electrons. The number of benzene rings is 2. The largest absolute Gasteiger partial charge is 0.495 e. The fourth-order valence-corrected chi connectivity index (χ4v) is 4.08. The van der Waals surface area contributed by atoms with Crippen molar-refractivity contribution in [2.45, 2.75) is 6.92 Å². The summed E-state index contributed by atoms with van der Waals surface area (Å²) >= 11 is 6.79. The highest BCUT2D eigenvalue weighted by molar-refractivity contribution is 8.18. The van der Waals surface area contributed by atoms with Crippen LogP contribution >= 0.6 is 23.4 Å². The molecule has 0 aliphatic carbocycles. The molecule has 0 atom stereocenters. The lowest BCUT2D eigenvalue weighted by atomic mass is 10.2. The van der Waals surface area contributed by atoms with Crippen molar-refractivity contribution in [2.75, 3.05) is 32.2 Å². The molecule has 0 unspecified atom stereocenters. The predicted molar refractivity (Wildman–Crippen MR) is 128 cm³/mol. The number of ether oxygens (including phenoxy) is 3. The molecule has 1 N–H and O–H groups in total. The Bertz CT molecular complexity index is 1190. The summed E-state index contributed by atoms with van der Waals surface area (Å²) in [6, 6.07) is 11.5. The third-order valence-corrected chi connectivity index (χ3v) is 5.67. The Balaban J connectivity index is 1.71. The maximum absolute atomic E-state index is 12.8. The minimum Gasteiger partial charge on any atom is -0.495 e. The van der Waals surface area contributed by atoms with E-state index in [1.165, 1.54) is 19.3 Å². The highest BCUT2D eigenvalue weighted by atomic mass is 35.5. The van der Waals surface area contributed by atoms with Gasteiger partial charge in [-0.25, -0.2) is 0 Å². The van der Waals surface area contributed by atoms with Gasteiger partial charge in [0.25, 0.3) is 11.1 Å². The van der Waals surface area contributed by atoms with Crippen molar-refractivity contribution >= 4 is 52.2 Å². The number of nitriles is 1. The van der Waals surface area contributed by atoms with Crippen LogP contribution in [0.4, 0.5) is 10.5 Å². The maximum atomic E-state index is 12.8. The average Bonchev–Trinajstić information content (AvgIpc) is 3.06. The summed E-state index contributed by atoms with van der Waals surface area (Å²) in [5.41, 5.74) is 0.996. The molecule has 34 heavy (non-hydrogen) atoms. The minimum absolute atomic E-state index is 0.136. The van der Waals surface area contributed by atoms with Gasteiger partial charge in [-0.15, -0.1) is 0 Å². The lowest BCUT2D eigenvalue weighted by Gasteiger charge is -2.13. The van der Waals surface area contributed by atoms with Gasteiger partial charge in [0.1, 0.15) is 18.4 Å². The molecule has 0 spiro atoms. The predicted octanol–water partition coefficient (Wildman–Crippen LogP) is 4.32. The number of imide groups is 1. The zero-order valence-corrected chi connectivity index (χ0v) is 19.9. The fourth-order valence-electron chi connectivity index (χ4n) is 2.99. The van der Waals surface area contributed by atoms with Crippen LogP contribution in [0.15, 0.2) is 41.3 Å². The summed E-state index contributed by atoms with van der Waals surface area (Å²) in [4.78, 5) is 38.6. The number of rotatable bonds is 9. The number of halogens is 1. The van der Waals surface area contributed by atoms with Crippen LogP contribution in [0.25, 0.3) is 6.08 Å². The van der Waals surface area contributed by atoms with Crippen LogP contribution in [0.5, 0.6) is 17.2 Å². The average molecular weight is 502 g/mol. The van der Waals surface area contributed by atoms with Crippen molar-refractivity contribution in [1.82, 2.24) is 4.90 Å². The second-order valence-electron chi connectivity index (χ2n) is 6.75. The lowest BCUT2D eigenvalue weighted by Crippen LogP contribution is -2.36. The first kappa shape index (κ1) is 25.0. The normalized spacial score (nSPS) is 14.2. The number of nitrogens with zero attached hydrogens (tertiary/aromatic N) is 2. The molecule has 1 saturated heterocycles. The lowest BCUT2D eigenvalue weighted by molar-refractivity contribution is -0.127. The molecule has 1 heterocycles. The van der Waals surface area contributed by atoms with Crippen LogP contribution in [-0.4, -0.2) is 48.8 Å². The first-order chi connectivity index (χ1) is 16.4. The third-order valence-electron chi connectivity index (χ3n) is 4.47. The number of hydrogen-bond acceptors (Lipinski definition) is 8. The number of hydrogen-bond donors (Lipinski definition) is 1. The van der Waals surface area contributed by atoms with Gasteiger partial charge in [-0.2, -0.15) is 5.26 Å². The first-order valence-corrected chi connectivity index (χ1v) is 11.2. The number of carbonyl (C=O) groups is 3. The highest BCUT2D eigenvalue weighted by Gasteiger charge is 2.36. The van der Waals surface area contributed by atoms with Crippen molar-refractivity contribution in [2.24, 2.45) is 0 Å².